The number of aromatic nitrogens is 1. The number of furan rings is 2. The molecule has 0 spiro atoms. The van der Waals surface area contributed by atoms with Gasteiger partial charge in [0, 0.05) is 19.2 Å². The van der Waals surface area contributed by atoms with Crippen molar-refractivity contribution >= 4 is 23.4 Å². The van der Waals surface area contributed by atoms with Gasteiger partial charge in [0.15, 0.2) is 0 Å². The number of nitrogens with zero attached hydrogens (tertiary/aromatic N) is 1. The van der Waals surface area contributed by atoms with E-state index in [0.717, 1.165) is 0 Å². The summed E-state index contributed by atoms with van der Waals surface area (Å²) >= 11 is 0. The minimum absolute atomic E-state index is 0.166. The lowest BCUT2D eigenvalue weighted by atomic mass is 10.1. The molecular formula is C19H18N4O5. The van der Waals surface area contributed by atoms with E-state index < -0.39 is 0 Å². The fraction of sp³-hybridized carbons (Fsp3) is 0.211. The highest BCUT2D eigenvalue weighted by atomic mass is 16.3. The molecule has 1 unspecified atom stereocenters. The fourth-order valence-electron chi connectivity index (χ4n) is 3.08. The Labute approximate surface area is 159 Å². The molecule has 28 heavy (non-hydrogen) atoms. The lowest BCUT2D eigenvalue weighted by Gasteiger charge is -2.25. The molecule has 4 heterocycles. The Bertz CT molecular complexity index is 988. The van der Waals surface area contributed by atoms with Crippen LogP contribution in [0.2, 0.25) is 0 Å². The van der Waals surface area contributed by atoms with Gasteiger partial charge in [0.1, 0.15) is 17.7 Å². The van der Waals surface area contributed by atoms with Crippen molar-refractivity contribution in [2.75, 3.05) is 11.9 Å². The topological polar surface area (TPSA) is 119 Å². The number of amides is 3. The largest absolute Gasteiger partial charge is 0.472 e. The van der Waals surface area contributed by atoms with E-state index in [9.17, 15) is 14.4 Å². The first-order valence-electron chi connectivity index (χ1n) is 8.73. The molecule has 0 bridgehead atoms. The van der Waals surface area contributed by atoms with Crippen LogP contribution in [0.15, 0.2) is 58.1 Å². The van der Waals surface area contributed by atoms with Crippen molar-refractivity contribution in [2.45, 2.75) is 19.0 Å². The zero-order valence-electron chi connectivity index (χ0n) is 14.8. The van der Waals surface area contributed by atoms with E-state index >= 15 is 0 Å². The van der Waals surface area contributed by atoms with Crippen LogP contribution < -0.4 is 16.0 Å². The quantitative estimate of drug-likeness (QED) is 0.602. The van der Waals surface area contributed by atoms with Gasteiger partial charge in [0.05, 0.1) is 36.4 Å². The summed E-state index contributed by atoms with van der Waals surface area (Å²) in [5, 5.41) is 8.29. The predicted molar refractivity (Wildman–Crippen MR) is 97.6 cm³/mol. The molecule has 0 aliphatic carbocycles. The third-order valence-corrected chi connectivity index (χ3v) is 4.47. The van der Waals surface area contributed by atoms with Gasteiger partial charge in [-0.1, -0.05) is 0 Å². The second kappa shape index (κ2) is 7.47. The Kier molecular flexibility index (Phi) is 4.71. The molecule has 3 aromatic rings. The molecule has 3 aromatic heterocycles. The van der Waals surface area contributed by atoms with Gasteiger partial charge in [-0.3, -0.25) is 14.4 Å². The van der Waals surface area contributed by atoms with Gasteiger partial charge in [-0.15, -0.1) is 0 Å². The first-order valence-corrected chi connectivity index (χ1v) is 8.73. The number of fused-ring (bicyclic) bond motifs is 1. The molecule has 0 saturated heterocycles. The van der Waals surface area contributed by atoms with Crippen molar-refractivity contribution in [3.8, 4) is 0 Å². The van der Waals surface area contributed by atoms with Gasteiger partial charge >= 0.3 is 0 Å². The van der Waals surface area contributed by atoms with Crippen molar-refractivity contribution in [3.63, 3.8) is 0 Å². The van der Waals surface area contributed by atoms with E-state index in [1.165, 1.54) is 12.5 Å². The van der Waals surface area contributed by atoms with Gasteiger partial charge in [-0.05, 0) is 24.3 Å². The number of hydrogen-bond acceptors (Lipinski definition) is 5. The summed E-state index contributed by atoms with van der Waals surface area (Å²) in [4.78, 5) is 36.6. The fourth-order valence-corrected chi connectivity index (χ4v) is 3.08. The van der Waals surface area contributed by atoms with Crippen LogP contribution in [-0.4, -0.2) is 28.8 Å². The molecular weight excluding hydrogens is 364 g/mol. The van der Waals surface area contributed by atoms with Crippen molar-refractivity contribution in [1.82, 2.24) is 15.2 Å². The van der Waals surface area contributed by atoms with Gasteiger partial charge in [0.25, 0.3) is 11.8 Å². The van der Waals surface area contributed by atoms with E-state index in [1.807, 2.05) is 0 Å². The summed E-state index contributed by atoms with van der Waals surface area (Å²) in [6, 6.07) is 6.40. The van der Waals surface area contributed by atoms with E-state index in [-0.39, 0.29) is 30.2 Å². The molecule has 0 radical (unpaired) electrons. The summed E-state index contributed by atoms with van der Waals surface area (Å²) in [5.74, 6) is -0.0988. The third-order valence-electron chi connectivity index (χ3n) is 4.47. The monoisotopic (exact) mass is 382 g/mol. The smallest absolute Gasteiger partial charge is 0.268 e. The molecule has 1 aliphatic heterocycles. The molecule has 9 nitrogen and oxygen atoms in total. The average Bonchev–Trinajstić information content (AvgIpc) is 3.44. The maximum absolute atomic E-state index is 12.3. The molecule has 0 fully saturated rings. The van der Waals surface area contributed by atoms with Crippen LogP contribution in [0.4, 0.5) is 5.69 Å². The summed E-state index contributed by atoms with van der Waals surface area (Å²) in [6.45, 7) is 0.624. The molecule has 3 N–H and O–H groups in total. The first kappa shape index (κ1) is 17.7. The molecule has 9 heteroatoms. The number of nitrogens with one attached hydrogen (secondary N) is 3. The lowest BCUT2D eigenvalue weighted by molar-refractivity contribution is -0.122. The number of hydrogen-bond donors (Lipinski definition) is 3. The maximum atomic E-state index is 12.3. The van der Waals surface area contributed by atoms with Gasteiger partial charge in [-0.25, -0.2) is 0 Å². The zero-order chi connectivity index (χ0) is 19.5. The Balaban J connectivity index is 1.44. The van der Waals surface area contributed by atoms with Gasteiger partial charge in [-0.2, -0.15) is 0 Å². The van der Waals surface area contributed by atoms with Crippen molar-refractivity contribution in [2.24, 2.45) is 0 Å². The average molecular weight is 382 g/mol. The second-order valence-electron chi connectivity index (χ2n) is 6.41. The van der Waals surface area contributed by atoms with Crippen LogP contribution in [0, 0.1) is 0 Å². The lowest BCUT2D eigenvalue weighted by Crippen LogP contribution is -2.40. The Morgan fingerprint density at radius 2 is 2.18 bits per heavy atom. The molecule has 1 atom stereocenters. The number of anilines is 1. The van der Waals surface area contributed by atoms with Gasteiger partial charge < -0.3 is 29.4 Å². The van der Waals surface area contributed by atoms with Crippen LogP contribution in [0.25, 0.3) is 0 Å². The third kappa shape index (κ3) is 3.68. The summed E-state index contributed by atoms with van der Waals surface area (Å²) in [6.07, 6.45) is 6.13. The normalized spacial score (nSPS) is 15.6. The van der Waals surface area contributed by atoms with Crippen LogP contribution in [0.5, 0.6) is 0 Å². The second-order valence-corrected chi connectivity index (χ2v) is 6.41. The van der Waals surface area contributed by atoms with Crippen molar-refractivity contribution in [3.05, 3.63) is 66.3 Å². The maximum Gasteiger partial charge on any atom is 0.268 e. The molecule has 0 aromatic carbocycles. The highest BCUT2D eigenvalue weighted by molar-refractivity contribution is 6.05. The Morgan fingerprint density at radius 1 is 1.29 bits per heavy atom. The summed E-state index contributed by atoms with van der Waals surface area (Å²) < 4.78 is 11.8. The van der Waals surface area contributed by atoms with E-state index in [1.54, 1.807) is 41.3 Å². The molecule has 1 aliphatic rings. The number of carbonyl (C=O) groups excluding carboxylic acids is 3. The molecule has 144 valence electrons. The Hall–Kier alpha value is -3.75. The number of rotatable bonds is 6. The molecule has 0 saturated carbocycles. The molecule has 4 rings (SSSR count). The van der Waals surface area contributed by atoms with Crippen molar-refractivity contribution < 1.29 is 23.2 Å². The van der Waals surface area contributed by atoms with Crippen LogP contribution >= 0.6 is 0 Å². The minimum Gasteiger partial charge on any atom is -0.472 e. The van der Waals surface area contributed by atoms with E-state index in [0.29, 0.717) is 35.8 Å². The Morgan fingerprint density at radius 3 is 2.93 bits per heavy atom. The van der Waals surface area contributed by atoms with E-state index in [2.05, 4.69) is 16.0 Å². The standard InChI is InChI=1S/C19H18N4O5/c24-17(20-9-15-2-1-4-28-15)7-14-8-21-19(26)16-6-13(10-23(14)16)22-18(25)12-3-5-27-11-12/h1-6,10-11,14H,7-9H2,(H,20,24)(H,21,26)(H,22,25). The molecule has 3 amide bonds. The van der Waals surface area contributed by atoms with E-state index in [4.69, 9.17) is 8.83 Å². The van der Waals surface area contributed by atoms with Crippen LogP contribution in [0.1, 0.15) is 39.1 Å². The summed E-state index contributed by atoms with van der Waals surface area (Å²) in [5.41, 5.74) is 1.24. The van der Waals surface area contributed by atoms with Gasteiger partial charge in [0.2, 0.25) is 5.91 Å². The highest BCUT2D eigenvalue weighted by Crippen LogP contribution is 2.25. The predicted octanol–water partition coefficient (Wildman–Crippen LogP) is 1.92. The van der Waals surface area contributed by atoms with Crippen molar-refractivity contribution in [1.29, 1.82) is 0 Å². The SMILES string of the molecule is O=C(CC1CNC(=O)c2cc(NC(=O)c3ccoc3)cn21)NCc1ccco1. The zero-order valence-corrected chi connectivity index (χ0v) is 14.8. The van der Waals surface area contributed by atoms with Crippen LogP contribution in [-0.2, 0) is 11.3 Å². The highest BCUT2D eigenvalue weighted by Gasteiger charge is 2.27. The first-order chi connectivity index (χ1) is 13.6. The number of carbonyl (C=O) groups is 3. The minimum atomic E-state index is -0.343. The summed E-state index contributed by atoms with van der Waals surface area (Å²) in [7, 11) is 0. The van der Waals surface area contributed by atoms with Crippen LogP contribution in [0.3, 0.4) is 0 Å².